The quantitative estimate of drug-likeness (QED) is 0.650. The van der Waals surface area contributed by atoms with Gasteiger partial charge >= 0.3 is 5.97 Å². The first kappa shape index (κ1) is 15.9. The van der Waals surface area contributed by atoms with Crippen LogP contribution in [0.15, 0.2) is 0 Å². The van der Waals surface area contributed by atoms with Crippen LogP contribution in [0.25, 0.3) is 0 Å². The average Bonchev–Trinajstić information content (AvgIpc) is 2.26. The fraction of sp³-hybridized carbons (Fsp3) is 0.833. The minimum atomic E-state index is -0.573. The molecule has 0 saturated heterocycles. The molecule has 0 spiro atoms. The van der Waals surface area contributed by atoms with E-state index >= 15 is 0 Å². The zero-order valence-electron chi connectivity index (χ0n) is 11.2. The standard InChI is InChI=1S/C12H24N2O3/c1-5-9(13)7-11(15)14-10(6-8(2)3)12(16)17-4/h8-10H,5-7,13H2,1-4H3,(H,14,15)/t9?,10-/m0/s1. The van der Waals surface area contributed by atoms with E-state index in [0.29, 0.717) is 12.3 Å². The van der Waals surface area contributed by atoms with E-state index in [0.717, 1.165) is 6.42 Å². The maximum Gasteiger partial charge on any atom is 0.328 e. The van der Waals surface area contributed by atoms with Crippen LogP contribution in [-0.2, 0) is 14.3 Å². The summed E-state index contributed by atoms with van der Waals surface area (Å²) < 4.78 is 4.66. The van der Waals surface area contributed by atoms with Gasteiger partial charge in [-0.15, -0.1) is 0 Å². The van der Waals surface area contributed by atoms with Crippen molar-refractivity contribution in [3.8, 4) is 0 Å². The van der Waals surface area contributed by atoms with Crippen LogP contribution in [0.2, 0.25) is 0 Å². The van der Waals surface area contributed by atoms with Gasteiger partial charge in [0, 0.05) is 12.5 Å². The minimum absolute atomic E-state index is 0.160. The van der Waals surface area contributed by atoms with Crippen LogP contribution < -0.4 is 11.1 Å². The Morgan fingerprint density at radius 3 is 2.35 bits per heavy atom. The predicted molar refractivity (Wildman–Crippen MR) is 66.3 cm³/mol. The van der Waals surface area contributed by atoms with Gasteiger partial charge in [-0.05, 0) is 18.8 Å². The average molecular weight is 244 g/mol. The van der Waals surface area contributed by atoms with Crippen molar-refractivity contribution in [2.45, 2.75) is 52.1 Å². The van der Waals surface area contributed by atoms with Crippen LogP contribution in [0.4, 0.5) is 0 Å². The van der Waals surface area contributed by atoms with E-state index in [4.69, 9.17) is 5.73 Å². The maximum atomic E-state index is 11.6. The maximum absolute atomic E-state index is 11.6. The monoisotopic (exact) mass is 244 g/mol. The fourth-order valence-electron chi connectivity index (χ4n) is 1.46. The molecule has 0 radical (unpaired) electrons. The number of nitrogens with one attached hydrogen (secondary N) is 1. The van der Waals surface area contributed by atoms with Crippen molar-refractivity contribution in [1.29, 1.82) is 0 Å². The molecule has 0 aliphatic rings. The van der Waals surface area contributed by atoms with Gasteiger partial charge in [-0.3, -0.25) is 4.79 Å². The molecular weight excluding hydrogens is 220 g/mol. The summed E-state index contributed by atoms with van der Waals surface area (Å²) in [5.41, 5.74) is 5.68. The Morgan fingerprint density at radius 2 is 1.94 bits per heavy atom. The normalized spacial score (nSPS) is 14.2. The van der Waals surface area contributed by atoms with E-state index in [1.165, 1.54) is 7.11 Å². The van der Waals surface area contributed by atoms with Crippen molar-refractivity contribution in [3.63, 3.8) is 0 Å². The van der Waals surface area contributed by atoms with Crippen molar-refractivity contribution < 1.29 is 14.3 Å². The Balaban J connectivity index is 4.32. The van der Waals surface area contributed by atoms with Gasteiger partial charge in [-0.2, -0.15) is 0 Å². The summed E-state index contributed by atoms with van der Waals surface area (Å²) in [4.78, 5) is 23.1. The largest absolute Gasteiger partial charge is 0.467 e. The Kier molecular flexibility index (Phi) is 7.54. The number of amides is 1. The second-order valence-electron chi connectivity index (χ2n) is 4.65. The van der Waals surface area contributed by atoms with Crippen molar-refractivity contribution in [1.82, 2.24) is 5.32 Å². The number of methoxy groups -OCH3 is 1. The molecule has 0 fully saturated rings. The van der Waals surface area contributed by atoms with Gasteiger partial charge in [0.25, 0.3) is 0 Å². The van der Waals surface area contributed by atoms with Gasteiger partial charge in [-0.1, -0.05) is 20.8 Å². The smallest absolute Gasteiger partial charge is 0.328 e. The number of hydrogen-bond donors (Lipinski definition) is 2. The van der Waals surface area contributed by atoms with Gasteiger partial charge in [0.2, 0.25) is 5.91 Å². The number of carbonyl (C=O) groups is 2. The second-order valence-corrected chi connectivity index (χ2v) is 4.65. The number of rotatable bonds is 7. The molecule has 5 nitrogen and oxygen atoms in total. The lowest BCUT2D eigenvalue weighted by Crippen LogP contribution is -2.44. The summed E-state index contributed by atoms with van der Waals surface area (Å²) in [6.45, 7) is 5.89. The van der Waals surface area contributed by atoms with E-state index in [-0.39, 0.29) is 18.4 Å². The Labute approximate surface area is 103 Å². The first-order chi connectivity index (χ1) is 7.90. The third-order valence-electron chi connectivity index (χ3n) is 2.50. The van der Waals surface area contributed by atoms with Gasteiger partial charge in [0.1, 0.15) is 6.04 Å². The summed E-state index contributed by atoms with van der Waals surface area (Å²) >= 11 is 0. The highest BCUT2D eigenvalue weighted by Crippen LogP contribution is 2.07. The number of ether oxygens (including phenoxy) is 1. The number of hydrogen-bond acceptors (Lipinski definition) is 4. The minimum Gasteiger partial charge on any atom is -0.467 e. The Hall–Kier alpha value is -1.10. The Bertz CT molecular complexity index is 254. The molecule has 3 N–H and O–H groups in total. The van der Waals surface area contributed by atoms with E-state index < -0.39 is 12.0 Å². The molecule has 0 aromatic rings. The molecule has 0 saturated carbocycles. The summed E-state index contributed by atoms with van der Waals surface area (Å²) in [5, 5.41) is 2.67. The topological polar surface area (TPSA) is 81.4 Å². The fourth-order valence-corrected chi connectivity index (χ4v) is 1.46. The third-order valence-corrected chi connectivity index (χ3v) is 2.50. The molecule has 0 aromatic carbocycles. The molecule has 2 atom stereocenters. The third kappa shape index (κ3) is 6.94. The summed E-state index contributed by atoms with van der Waals surface area (Å²) in [6.07, 6.45) is 1.54. The van der Waals surface area contributed by atoms with Crippen molar-refractivity contribution in [3.05, 3.63) is 0 Å². The highest BCUT2D eigenvalue weighted by molar-refractivity contribution is 5.84. The molecule has 0 rings (SSSR count). The van der Waals surface area contributed by atoms with Crippen molar-refractivity contribution in [2.24, 2.45) is 11.7 Å². The highest BCUT2D eigenvalue weighted by atomic mass is 16.5. The molecule has 100 valence electrons. The lowest BCUT2D eigenvalue weighted by Gasteiger charge is -2.19. The van der Waals surface area contributed by atoms with Crippen LogP contribution in [0.5, 0.6) is 0 Å². The molecule has 0 heterocycles. The van der Waals surface area contributed by atoms with Gasteiger partial charge < -0.3 is 15.8 Å². The summed E-state index contributed by atoms with van der Waals surface area (Å²) in [7, 11) is 1.32. The first-order valence-corrected chi connectivity index (χ1v) is 6.03. The van der Waals surface area contributed by atoms with Crippen LogP contribution in [0, 0.1) is 5.92 Å². The molecule has 0 aliphatic heterocycles. The lowest BCUT2D eigenvalue weighted by atomic mass is 10.0. The predicted octanol–water partition coefficient (Wildman–Crippen LogP) is 0.818. The zero-order chi connectivity index (χ0) is 13.4. The summed E-state index contributed by atoms with van der Waals surface area (Å²) in [6, 6.07) is -0.732. The molecule has 0 aliphatic carbocycles. The molecule has 17 heavy (non-hydrogen) atoms. The lowest BCUT2D eigenvalue weighted by molar-refractivity contribution is -0.145. The van der Waals surface area contributed by atoms with E-state index in [1.807, 2.05) is 20.8 Å². The summed E-state index contributed by atoms with van der Waals surface area (Å²) in [5.74, 6) is -0.299. The van der Waals surface area contributed by atoms with E-state index in [1.54, 1.807) is 0 Å². The van der Waals surface area contributed by atoms with Crippen LogP contribution >= 0.6 is 0 Å². The van der Waals surface area contributed by atoms with E-state index in [2.05, 4.69) is 10.1 Å². The van der Waals surface area contributed by atoms with E-state index in [9.17, 15) is 9.59 Å². The molecule has 1 amide bonds. The van der Waals surface area contributed by atoms with Crippen LogP contribution in [0.1, 0.15) is 40.0 Å². The SMILES string of the molecule is CCC(N)CC(=O)N[C@@H](CC(C)C)C(=O)OC. The molecule has 1 unspecified atom stereocenters. The number of nitrogens with two attached hydrogens (primary N) is 1. The highest BCUT2D eigenvalue weighted by Gasteiger charge is 2.22. The van der Waals surface area contributed by atoms with Crippen molar-refractivity contribution >= 4 is 11.9 Å². The van der Waals surface area contributed by atoms with Gasteiger partial charge in [0.05, 0.1) is 7.11 Å². The second kappa shape index (κ2) is 8.06. The molecule has 0 aromatic heterocycles. The van der Waals surface area contributed by atoms with Gasteiger partial charge in [-0.25, -0.2) is 4.79 Å². The number of carbonyl (C=O) groups excluding carboxylic acids is 2. The van der Waals surface area contributed by atoms with Crippen LogP contribution in [-0.4, -0.2) is 31.1 Å². The first-order valence-electron chi connectivity index (χ1n) is 6.03. The van der Waals surface area contributed by atoms with Gasteiger partial charge in [0.15, 0.2) is 0 Å². The molecule has 0 bridgehead atoms. The van der Waals surface area contributed by atoms with Crippen LogP contribution in [0.3, 0.4) is 0 Å². The zero-order valence-corrected chi connectivity index (χ0v) is 11.2. The van der Waals surface area contributed by atoms with Crippen molar-refractivity contribution in [2.75, 3.05) is 7.11 Å². The molecule has 5 heteroatoms. The number of esters is 1. The molecular formula is C12H24N2O3. The Morgan fingerprint density at radius 1 is 1.35 bits per heavy atom.